The van der Waals surface area contributed by atoms with E-state index < -0.39 is 4.92 Å². The molecule has 1 aromatic carbocycles. The van der Waals surface area contributed by atoms with Crippen LogP contribution in [0.15, 0.2) is 24.4 Å². The summed E-state index contributed by atoms with van der Waals surface area (Å²) in [6.45, 7) is 6.04. The maximum Gasteiger partial charge on any atom is 0.345 e. The minimum Gasteiger partial charge on any atom is -0.298 e. The van der Waals surface area contributed by atoms with Gasteiger partial charge in [0.2, 0.25) is 0 Å². The summed E-state index contributed by atoms with van der Waals surface area (Å²) in [6, 6.07) is 5.66. The Bertz CT molecular complexity index is 695. The molecule has 1 heterocycles. The van der Waals surface area contributed by atoms with Gasteiger partial charge in [-0.3, -0.25) is 20.2 Å². The summed E-state index contributed by atoms with van der Waals surface area (Å²) < 4.78 is 0. The van der Waals surface area contributed by atoms with Crippen molar-refractivity contribution in [3.05, 3.63) is 51.2 Å². The van der Waals surface area contributed by atoms with Gasteiger partial charge in [0.1, 0.15) is 6.20 Å². The third-order valence-electron chi connectivity index (χ3n) is 3.06. The summed E-state index contributed by atoms with van der Waals surface area (Å²) in [7, 11) is 0. The zero-order chi connectivity index (χ0) is 15.6. The Morgan fingerprint density at radius 1 is 1.43 bits per heavy atom. The predicted octanol–water partition coefficient (Wildman–Crippen LogP) is 3.74. The van der Waals surface area contributed by atoms with Gasteiger partial charge in [-0.15, -0.1) is 0 Å². The van der Waals surface area contributed by atoms with Crippen molar-refractivity contribution >= 4 is 27.4 Å². The van der Waals surface area contributed by atoms with E-state index in [0.29, 0.717) is 11.5 Å². The molecule has 1 amide bonds. The lowest BCUT2D eigenvalue weighted by molar-refractivity contribution is -0.380. The van der Waals surface area contributed by atoms with Crippen molar-refractivity contribution in [1.82, 2.24) is 4.98 Å². The highest BCUT2D eigenvalue weighted by molar-refractivity contribution is 7.18. The third-order valence-corrected chi connectivity index (χ3v) is 3.92. The van der Waals surface area contributed by atoms with Crippen molar-refractivity contribution < 1.29 is 9.72 Å². The molecule has 0 saturated heterocycles. The molecule has 0 aliphatic carbocycles. The first kappa shape index (κ1) is 15.1. The molecular formula is C14H15N3O3S. The highest BCUT2D eigenvalue weighted by atomic mass is 32.1. The summed E-state index contributed by atoms with van der Waals surface area (Å²) in [4.78, 5) is 26.1. The number of carbonyl (C=O) groups excluding carboxylic acids is 1. The highest BCUT2D eigenvalue weighted by Gasteiger charge is 2.16. The summed E-state index contributed by atoms with van der Waals surface area (Å²) in [5, 5.41) is 13.3. The van der Waals surface area contributed by atoms with Crippen molar-refractivity contribution in [3.8, 4) is 0 Å². The quantitative estimate of drug-likeness (QED) is 0.688. The number of hydrogen-bond donors (Lipinski definition) is 1. The number of anilines is 1. The average molecular weight is 305 g/mol. The van der Waals surface area contributed by atoms with Crippen LogP contribution in [0.25, 0.3) is 0 Å². The fraction of sp³-hybridized carbons (Fsp3) is 0.286. The van der Waals surface area contributed by atoms with Crippen LogP contribution in [-0.2, 0) is 0 Å². The molecule has 2 rings (SSSR count). The van der Waals surface area contributed by atoms with Gasteiger partial charge in [-0.05, 0) is 41.4 Å². The summed E-state index contributed by atoms with van der Waals surface area (Å²) in [5.74, 6) is 0.0782. The molecule has 21 heavy (non-hydrogen) atoms. The van der Waals surface area contributed by atoms with Crippen LogP contribution in [0.4, 0.5) is 10.1 Å². The first-order chi connectivity index (χ1) is 9.88. The SMILES string of the molecule is Cc1cc(C(C)C)ccc1C(=O)Nc1ncc([N+](=O)[O-])s1. The number of nitrogens with one attached hydrogen (secondary N) is 1. The number of benzene rings is 1. The Morgan fingerprint density at radius 3 is 2.67 bits per heavy atom. The Kier molecular flexibility index (Phi) is 4.32. The van der Waals surface area contributed by atoms with Crippen LogP contribution in [0.5, 0.6) is 0 Å². The minimum absolute atomic E-state index is 0.0998. The van der Waals surface area contributed by atoms with Gasteiger partial charge >= 0.3 is 5.00 Å². The van der Waals surface area contributed by atoms with E-state index in [4.69, 9.17) is 0 Å². The lowest BCUT2D eigenvalue weighted by Crippen LogP contribution is -2.13. The molecule has 1 N–H and O–H groups in total. The van der Waals surface area contributed by atoms with Crippen LogP contribution in [0.1, 0.15) is 41.3 Å². The van der Waals surface area contributed by atoms with E-state index >= 15 is 0 Å². The number of nitrogens with zero attached hydrogens (tertiary/aromatic N) is 2. The Labute approximate surface area is 126 Å². The monoisotopic (exact) mass is 305 g/mol. The van der Waals surface area contributed by atoms with Crippen molar-refractivity contribution in [3.63, 3.8) is 0 Å². The van der Waals surface area contributed by atoms with Gasteiger partial charge < -0.3 is 0 Å². The maximum atomic E-state index is 12.2. The van der Waals surface area contributed by atoms with Crippen LogP contribution in [-0.4, -0.2) is 15.8 Å². The number of nitro groups is 1. The molecule has 7 heteroatoms. The molecule has 0 atom stereocenters. The predicted molar refractivity (Wildman–Crippen MR) is 82.0 cm³/mol. The second kappa shape index (κ2) is 6.01. The topological polar surface area (TPSA) is 85.1 Å². The Hall–Kier alpha value is -2.28. The molecule has 6 nitrogen and oxygen atoms in total. The molecule has 0 spiro atoms. The molecular weight excluding hydrogens is 290 g/mol. The van der Waals surface area contributed by atoms with Gasteiger partial charge in [0, 0.05) is 5.56 Å². The number of amides is 1. The first-order valence-electron chi connectivity index (χ1n) is 6.40. The summed E-state index contributed by atoms with van der Waals surface area (Å²) in [5.41, 5.74) is 2.57. The molecule has 0 unspecified atom stereocenters. The standard InChI is InChI=1S/C14H15N3O3S/c1-8(2)10-4-5-11(9(3)6-10)13(18)16-14-15-7-12(21-14)17(19)20/h4-8H,1-3H3,(H,15,16,18). The molecule has 0 radical (unpaired) electrons. The second-order valence-electron chi connectivity index (χ2n) is 4.94. The fourth-order valence-electron chi connectivity index (χ4n) is 1.87. The van der Waals surface area contributed by atoms with E-state index in [-0.39, 0.29) is 16.0 Å². The molecule has 2 aromatic rings. The number of hydrogen-bond acceptors (Lipinski definition) is 5. The smallest absolute Gasteiger partial charge is 0.298 e. The van der Waals surface area contributed by atoms with Crippen molar-refractivity contribution in [1.29, 1.82) is 0 Å². The minimum atomic E-state index is -0.532. The number of aryl methyl sites for hydroxylation is 1. The van der Waals surface area contributed by atoms with Crippen LogP contribution in [0.2, 0.25) is 0 Å². The fourth-order valence-corrected chi connectivity index (χ4v) is 2.50. The number of thiazole rings is 1. The Morgan fingerprint density at radius 2 is 2.14 bits per heavy atom. The van der Waals surface area contributed by atoms with Crippen LogP contribution in [0.3, 0.4) is 0 Å². The maximum absolute atomic E-state index is 12.2. The third kappa shape index (κ3) is 3.43. The number of aromatic nitrogens is 1. The zero-order valence-electron chi connectivity index (χ0n) is 11.9. The van der Waals surface area contributed by atoms with Crippen LogP contribution in [0, 0.1) is 17.0 Å². The molecule has 110 valence electrons. The number of carbonyl (C=O) groups is 1. The lowest BCUT2D eigenvalue weighted by Gasteiger charge is -2.10. The van der Waals surface area contributed by atoms with Gasteiger partial charge in [0.05, 0.1) is 4.92 Å². The van der Waals surface area contributed by atoms with E-state index in [0.717, 1.165) is 28.7 Å². The average Bonchev–Trinajstić information content (AvgIpc) is 2.87. The van der Waals surface area contributed by atoms with Crippen LogP contribution >= 0.6 is 11.3 Å². The summed E-state index contributed by atoms with van der Waals surface area (Å²) >= 11 is 0.836. The lowest BCUT2D eigenvalue weighted by atomic mass is 9.98. The van der Waals surface area contributed by atoms with Gasteiger partial charge in [-0.2, -0.15) is 0 Å². The van der Waals surface area contributed by atoms with Gasteiger partial charge in [0.15, 0.2) is 5.13 Å². The van der Waals surface area contributed by atoms with E-state index in [1.807, 2.05) is 19.1 Å². The van der Waals surface area contributed by atoms with Crippen molar-refractivity contribution in [2.45, 2.75) is 26.7 Å². The second-order valence-corrected chi connectivity index (χ2v) is 5.95. The number of rotatable bonds is 4. The largest absolute Gasteiger partial charge is 0.345 e. The van der Waals surface area contributed by atoms with E-state index in [1.165, 1.54) is 0 Å². The normalized spacial score (nSPS) is 10.7. The summed E-state index contributed by atoms with van der Waals surface area (Å²) in [6.07, 6.45) is 1.13. The molecule has 0 fully saturated rings. The molecule has 0 aliphatic rings. The Balaban J connectivity index is 2.18. The van der Waals surface area contributed by atoms with E-state index in [2.05, 4.69) is 24.1 Å². The van der Waals surface area contributed by atoms with Gasteiger partial charge in [-0.25, -0.2) is 4.98 Å². The molecule has 1 aromatic heterocycles. The van der Waals surface area contributed by atoms with E-state index in [9.17, 15) is 14.9 Å². The first-order valence-corrected chi connectivity index (χ1v) is 7.22. The van der Waals surface area contributed by atoms with Gasteiger partial charge in [-0.1, -0.05) is 26.0 Å². The molecule has 0 bridgehead atoms. The van der Waals surface area contributed by atoms with Crippen molar-refractivity contribution in [2.75, 3.05) is 5.32 Å². The van der Waals surface area contributed by atoms with Gasteiger partial charge in [0.25, 0.3) is 5.91 Å². The zero-order valence-corrected chi connectivity index (χ0v) is 12.7. The highest BCUT2D eigenvalue weighted by Crippen LogP contribution is 2.26. The van der Waals surface area contributed by atoms with Crippen molar-refractivity contribution in [2.24, 2.45) is 0 Å². The van der Waals surface area contributed by atoms with E-state index in [1.54, 1.807) is 6.07 Å². The van der Waals surface area contributed by atoms with Crippen LogP contribution < -0.4 is 5.32 Å². The molecule has 0 aliphatic heterocycles. The molecule has 0 saturated carbocycles.